The van der Waals surface area contributed by atoms with Crippen LogP contribution in [0.3, 0.4) is 0 Å². The number of fused-ring (bicyclic) bond motifs is 1. The number of carbonyl (C=O) groups excluding carboxylic acids is 1. The van der Waals surface area contributed by atoms with Gasteiger partial charge in [-0.15, -0.1) is 0 Å². The third-order valence-electron chi connectivity index (χ3n) is 3.59. The summed E-state index contributed by atoms with van der Waals surface area (Å²) in [6.07, 6.45) is 4.78. The van der Waals surface area contributed by atoms with Gasteiger partial charge >= 0.3 is 0 Å². The summed E-state index contributed by atoms with van der Waals surface area (Å²) in [6.45, 7) is 3.10. The SMILES string of the molecule is CCCN1C(=O)/C(=C/C2=Cc3cccc(OC)c3OC2)SC1=S. The van der Waals surface area contributed by atoms with E-state index < -0.39 is 0 Å². The van der Waals surface area contributed by atoms with E-state index in [1.807, 2.05) is 37.3 Å². The van der Waals surface area contributed by atoms with Crippen LogP contribution in [0.1, 0.15) is 18.9 Å². The Morgan fingerprint density at radius 3 is 3.04 bits per heavy atom. The van der Waals surface area contributed by atoms with Gasteiger partial charge < -0.3 is 9.47 Å². The minimum Gasteiger partial charge on any atom is -0.493 e. The molecule has 2 heterocycles. The minimum atomic E-state index is -0.0146. The zero-order valence-electron chi connectivity index (χ0n) is 13.0. The van der Waals surface area contributed by atoms with E-state index in [2.05, 4.69) is 0 Å². The summed E-state index contributed by atoms with van der Waals surface area (Å²) >= 11 is 6.64. The molecule has 1 saturated heterocycles. The number of para-hydroxylation sites is 1. The molecule has 0 aromatic heterocycles. The van der Waals surface area contributed by atoms with E-state index in [4.69, 9.17) is 21.7 Å². The number of hydrogen-bond donors (Lipinski definition) is 0. The van der Waals surface area contributed by atoms with E-state index in [1.165, 1.54) is 11.8 Å². The lowest BCUT2D eigenvalue weighted by molar-refractivity contribution is -0.122. The molecule has 0 saturated carbocycles. The molecule has 2 aliphatic rings. The van der Waals surface area contributed by atoms with Gasteiger partial charge in [0.05, 0.1) is 12.0 Å². The van der Waals surface area contributed by atoms with Gasteiger partial charge in [-0.3, -0.25) is 9.69 Å². The molecule has 120 valence electrons. The second-order valence-electron chi connectivity index (χ2n) is 5.22. The Morgan fingerprint density at radius 1 is 1.48 bits per heavy atom. The molecule has 3 rings (SSSR count). The molecule has 1 amide bonds. The monoisotopic (exact) mass is 347 g/mol. The largest absolute Gasteiger partial charge is 0.493 e. The first-order chi connectivity index (χ1) is 11.1. The fraction of sp³-hybridized carbons (Fsp3) is 0.294. The van der Waals surface area contributed by atoms with Crippen LogP contribution in [0, 0.1) is 0 Å². The third kappa shape index (κ3) is 3.14. The van der Waals surface area contributed by atoms with Crippen LogP contribution >= 0.6 is 24.0 Å². The maximum Gasteiger partial charge on any atom is 0.266 e. The van der Waals surface area contributed by atoms with Crippen LogP contribution < -0.4 is 9.47 Å². The summed E-state index contributed by atoms with van der Waals surface area (Å²) in [4.78, 5) is 14.7. The molecule has 0 N–H and O–H groups in total. The molecular weight excluding hydrogens is 330 g/mol. The molecule has 0 spiro atoms. The van der Waals surface area contributed by atoms with E-state index in [0.29, 0.717) is 28.1 Å². The van der Waals surface area contributed by atoms with E-state index in [1.54, 1.807) is 12.0 Å². The second-order valence-corrected chi connectivity index (χ2v) is 6.90. The normalized spacial score (nSPS) is 18.8. The fourth-order valence-corrected chi connectivity index (χ4v) is 3.85. The van der Waals surface area contributed by atoms with Gasteiger partial charge in [0, 0.05) is 12.1 Å². The van der Waals surface area contributed by atoms with Crippen molar-refractivity contribution in [2.24, 2.45) is 0 Å². The first kappa shape index (κ1) is 16.1. The number of hydrogen-bond acceptors (Lipinski definition) is 5. The number of rotatable bonds is 4. The number of thiocarbonyl (C=S) groups is 1. The Balaban J connectivity index is 1.87. The molecule has 1 aromatic rings. The van der Waals surface area contributed by atoms with Crippen LogP contribution in [0.5, 0.6) is 11.5 Å². The lowest BCUT2D eigenvalue weighted by atomic mass is 10.1. The van der Waals surface area contributed by atoms with E-state index in [-0.39, 0.29) is 5.91 Å². The van der Waals surface area contributed by atoms with E-state index in [9.17, 15) is 4.79 Å². The number of benzene rings is 1. The minimum absolute atomic E-state index is 0.0146. The van der Waals surface area contributed by atoms with Crippen molar-refractivity contribution in [1.82, 2.24) is 4.90 Å². The zero-order chi connectivity index (χ0) is 16.4. The van der Waals surface area contributed by atoms with Gasteiger partial charge in [-0.1, -0.05) is 43.0 Å². The van der Waals surface area contributed by atoms with Crippen LogP contribution in [-0.4, -0.2) is 35.4 Å². The molecule has 2 aliphatic heterocycles. The molecular formula is C17H17NO3S2. The van der Waals surface area contributed by atoms with Crippen LogP contribution in [0.25, 0.3) is 6.08 Å². The predicted molar refractivity (Wildman–Crippen MR) is 96.7 cm³/mol. The molecule has 0 aliphatic carbocycles. The highest BCUT2D eigenvalue weighted by Gasteiger charge is 2.31. The Kier molecular flexibility index (Phi) is 4.73. The molecule has 6 heteroatoms. The van der Waals surface area contributed by atoms with E-state index >= 15 is 0 Å². The summed E-state index contributed by atoms with van der Waals surface area (Å²) in [5.41, 5.74) is 1.90. The van der Waals surface area contributed by atoms with Gasteiger partial charge in [0.25, 0.3) is 5.91 Å². The quantitative estimate of drug-likeness (QED) is 0.614. The fourth-order valence-electron chi connectivity index (χ4n) is 2.53. The number of carbonyl (C=O) groups is 1. The number of amides is 1. The summed E-state index contributed by atoms with van der Waals surface area (Å²) < 4.78 is 11.7. The molecule has 1 fully saturated rings. The number of nitrogens with zero attached hydrogens (tertiary/aromatic N) is 1. The lowest BCUT2D eigenvalue weighted by Gasteiger charge is -2.18. The molecule has 4 nitrogen and oxygen atoms in total. The molecule has 23 heavy (non-hydrogen) atoms. The molecule has 0 atom stereocenters. The first-order valence-electron chi connectivity index (χ1n) is 7.39. The maximum absolute atomic E-state index is 12.4. The Bertz CT molecular complexity index is 725. The van der Waals surface area contributed by atoms with Gasteiger partial charge in [0.15, 0.2) is 11.5 Å². The van der Waals surface area contributed by atoms with Crippen molar-refractivity contribution in [3.8, 4) is 11.5 Å². The Morgan fingerprint density at radius 2 is 2.30 bits per heavy atom. The number of methoxy groups -OCH3 is 1. The predicted octanol–water partition coefficient (Wildman–Crippen LogP) is 3.63. The standard InChI is InChI=1S/C17H17NO3S2/c1-3-7-18-16(19)14(23-17(18)22)9-11-8-12-5-4-6-13(20-2)15(12)21-10-11/h4-6,8-9H,3,7,10H2,1-2H3/b14-9-. The topological polar surface area (TPSA) is 38.8 Å². The summed E-state index contributed by atoms with van der Waals surface area (Å²) in [7, 11) is 1.62. The first-order valence-corrected chi connectivity index (χ1v) is 8.62. The second kappa shape index (κ2) is 6.76. The third-order valence-corrected chi connectivity index (χ3v) is 4.97. The van der Waals surface area contributed by atoms with Crippen molar-refractivity contribution >= 4 is 40.3 Å². The molecule has 0 bridgehead atoms. The van der Waals surface area contributed by atoms with Crippen molar-refractivity contribution in [3.05, 3.63) is 40.3 Å². The van der Waals surface area contributed by atoms with Crippen molar-refractivity contribution in [1.29, 1.82) is 0 Å². The zero-order valence-corrected chi connectivity index (χ0v) is 14.6. The average molecular weight is 347 g/mol. The Labute approximate surface area is 145 Å². The van der Waals surface area contributed by atoms with Gasteiger partial charge in [0.1, 0.15) is 10.9 Å². The summed E-state index contributed by atoms with van der Waals surface area (Å²) in [5.74, 6) is 1.44. The van der Waals surface area contributed by atoms with Crippen molar-refractivity contribution in [3.63, 3.8) is 0 Å². The highest BCUT2D eigenvalue weighted by Crippen LogP contribution is 2.37. The summed E-state index contributed by atoms with van der Waals surface area (Å²) in [6, 6.07) is 5.75. The van der Waals surface area contributed by atoms with Gasteiger partial charge in [-0.25, -0.2) is 0 Å². The average Bonchev–Trinajstić information content (AvgIpc) is 2.82. The maximum atomic E-state index is 12.4. The van der Waals surface area contributed by atoms with E-state index in [0.717, 1.165) is 23.3 Å². The van der Waals surface area contributed by atoms with Crippen LogP contribution in [0.4, 0.5) is 0 Å². The summed E-state index contributed by atoms with van der Waals surface area (Å²) in [5, 5.41) is 0. The number of thioether (sulfide) groups is 1. The molecule has 0 unspecified atom stereocenters. The number of ether oxygens (including phenoxy) is 2. The lowest BCUT2D eigenvalue weighted by Crippen LogP contribution is -2.28. The molecule has 1 aromatic carbocycles. The van der Waals surface area contributed by atoms with Gasteiger partial charge in [-0.2, -0.15) is 0 Å². The van der Waals surface area contributed by atoms with Crippen molar-refractivity contribution < 1.29 is 14.3 Å². The van der Waals surface area contributed by atoms with Crippen LogP contribution in [-0.2, 0) is 4.79 Å². The highest BCUT2D eigenvalue weighted by atomic mass is 32.2. The van der Waals surface area contributed by atoms with Crippen LogP contribution in [0.15, 0.2) is 34.8 Å². The molecule has 0 radical (unpaired) electrons. The van der Waals surface area contributed by atoms with Gasteiger partial charge in [-0.05, 0) is 30.2 Å². The Hall–Kier alpha value is -1.79. The van der Waals surface area contributed by atoms with Crippen molar-refractivity contribution in [2.45, 2.75) is 13.3 Å². The van der Waals surface area contributed by atoms with Crippen molar-refractivity contribution in [2.75, 3.05) is 20.3 Å². The van der Waals surface area contributed by atoms with Gasteiger partial charge in [0.2, 0.25) is 0 Å². The highest BCUT2D eigenvalue weighted by molar-refractivity contribution is 8.26. The smallest absolute Gasteiger partial charge is 0.266 e. The van der Waals surface area contributed by atoms with Crippen LogP contribution in [0.2, 0.25) is 0 Å².